The lowest BCUT2D eigenvalue weighted by molar-refractivity contribution is -0.137. The largest absolute Gasteiger partial charge is 0.468 e. The smallest absolute Gasteiger partial charge is 0.316 e. The molecule has 7 nitrogen and oxygen atoms in total. The molecule has 0 atom stereocenters. The summed E-state index contributed by atoms with van der Waals surface area (Å²) in [5, 5.41) is 8.43. The molecule has 2 rings (SSSR count). The summed E-state index contributed by atoms with van der Waals surface area (Å²) in [5.74, 6) is -0.167. The Balaban J connectivity index is 2.21. The Hall–Kier alpha value is -1.87. The lowest BCUT2D eigenvalue weighted by Crippen LogP contribution is -2.11. The zero-order chi connectivity index (χ0) is 16.9. The molecular weight excluding hydrogens is 338 g/mol. The minimum absolute atomic E-state index is 0.0973. The predicted octanol–water partition coefficient (Wildman–Crippen LogP) is 1.54. The van der Waals surface area contributed by atoms with Crippen LogP contribution in [-0.2, 0) is 31.7 Å². The van der Waals surface area contributed by atoms with Crippen LogP contribution in [0.3, 0.4) is 0 Å². The second-order valence-corrected chi connectivity index (χ2v) is 7.51. The first kappa shape index (κ1) is 17.5. The summed E-state index contributed by atoms with van der Waals surface area (Å²) in [6.45, 7) is 2.38. The Kier molecular flexibility index (Phi) is 5.78. The van der Waals surface area contributed by atoms with Gasteiger partial charge in [0, 0.05) is 6.54 Å². The number of sulfone groups is 1. The monoisotopic (exact) mass is 355 g/mol. The van der Waals surface area contributed by atoms with Gasteiger partial charge in [-0.25, -0.2) is 8.42 Å². The van der Waals surface area contributed by atoms with Crippen LogP contribution in [0.5, 0.6) is 0 Å². The molecule has 23 heavy (non-hydrogen) atoms. The van der Waals surface area contributed by atoms with Crippen LogP contribution in [0.15, 0.2) is 40.4 Å². The molecule has 0 bridgehead atoms. The van der Waals surface area contributed by atoms with Crippen LogP contribution in [0.25, 0.3) is 0 Å². The molecule has 0 aliphatic heterocycles. The highest BCUT2D eigenvalue weighted by atomic mass is 32.2. The molecule has 0 saturated carbocycles. The Labute approximate surface area is 139 Å². The maximum Gasteiger partial charge on any atom is 0.316 e. The van der Waals surface area contributed by atoms with Crippen LogP contribution in [0.4, 0.5) is 0 Å². The number of hydrogen-bond donors (Lipinski definition) is 0. The van der Waals surface area contributed by atoms with E-state index in [0.717, 1.165) is 0 Å². The normalized spacial score (nSPS) is 11.4. The van der Waals surface area contributed by atoms with Gasteiger partial charge in [0.15, 0.2) is 15.0 Å². The fourth-order valence-corrected chi connectivity index (χ4v) is 4.06. The summed E-state index contributed by atoms with van der Waals surface area (Å²) >= 11 is 1.17. The van der Waals surface area contributed by atoms with E-state index in [4.69, 9.17) is 0 Å². The van der Waals surface area contributed by atoms with Gasteiger partial charge in [-0.05, 0) is 19.1 Å². The maximum atomic E-state index is 12.4. The summed E-state index contributed by atoms with van der Waals surface area (Å²) in [4.78, 5) is 11.5. The number of thioether (sulfide) groups is 1. The van der Waals surface area contributed by atoms with Crippen LogP contribution >= 0.6 is 11.8 Å². The van der Waals surface area contributed by atoms with E-state index in [1.54, 1.807) is 34.9 Å². The van der Waals surface area contributed by atoms with Crippen molar-refractivity contribution >= 4 is 27.6 Å². The van der Waals surface area contributed by atoms with Gasteiger partial charge >= 0.3 is 5.97 Å². The van der Waals surface area contributed by atoms with Crippen molar-refractivity contribution in [3.05, 3.63) is 36.2 Å². The highest BCUT2D eigenvalue weighted by molar-refractivity contribution is 7.99. The lowest BCUT2D eigenvalue weighted by atomic mass is 10.4. The Morgan fingerprint density at radius 1 is 1.26 bits per heavy atom. The quantitative estimate of drug-likeness (QED) is 0.549. The van der Waals surface area contributed by atoms with E-state index >= 15 is 0 Å². The van der Waals surface area contributed by atoms with Crippen molar-refractivity contribution in [1.29, 1.82) is 0 Å². The molecule has 1 aromatic carbocycles. The number of hydrogen-bond acceptors (Lipinski definition) is 7. The molecule has 0 spiro atoms. The van der Waals surface area contributed by atoms with Crippen molar-refractivity contribution in [1.82, 2.24) is 14.8 Å². The SMILES string of the molecule is CCn1c(CS(=O)(=O)c2ccccc2)nnc1SCC(=O)OC. The fourth-order valence-electron chi connectivity index (χ4n) is 1.91. The lowest BCUT2D eigenvalue weighted by Gasteiger charge is -2.07. The standard InChI is InChI=1S/C14H17N3O4S2/c1-3-17-12(15-16-14(17)22-9-13(18)21-2)10-23(19,20)11-7-5-4-6-8-11/h4-8H,3,9-10H2,1-2H3. The van der Waals surface area contributed by atoms with Crippen molar-refractivity contribution in [3.63, 3.8) is 0 Å². The molecular formula is C14H17N3O4S2. The molecule has 0 saturated heterocycles. The van der Waals surface area contributed by atoms with Gasteiger partial charge in [-0.2, -0.15) is 0 Å². The van der Waals surface area contributed by atoms with Gasteiger partial charge in [0.05, 0.1) is 17.8 Å². The van der Waals surface area contributed by atoms with E-state index in [1.165, 1.54) is 18.9 Å². The summed E-state index contributed by atoms with van der Waals surface area (Å²) < 4.78 is 31.1. The molecule has 0 radical (unpaired) electrons. The summed E-state index contributed by atoms with van der Waals surface area (Å²) in [7, 11) is -2.18. The number of ether oxygens (including phenoxy) is 1. The molecule has 0 amide bonds. The first-order chi connectivity index (χ1) is 11.0. The first-order valence-corrected chi connectivity index (χ1v) is 9.51. The van der Waals surface area contributed by atoms with E-state index < -0.39 is 9.84 Å². The minimum atomic E-state index is -3.49. The van der Waals surface area contributed by atoms with Gasteiger partial charge in [-0.1, -0.05) is 30.0 Å². The van der Waals surface area contributed by atoms with Crippen molar-refractivity contribution < 1.29 is 17.9 Å². The van der Waals surface area contributed by atoms with Gasteiger partial charge in [-0.15, -0.1) is 10.2 Å². The molecule has 0 aliphatic rings. The molecule has 124 valence electrons. The van der Waals surface area contributed by atoms with Crippen molar-refractivity contribution in [2.75, 3.05) is 12.9 Å². The molecule has 0 unspecified atom stereocenters. The van der Waals surface area contributed by atoms with E-state index in [0.29, 0.717) is 17.5 Å². The highest BCUT2D eigenvalue weighted by Gasteiger charge is 2.21. The molecule has 0 N–H and O–H groups in total. The van der Waals surface area contributed by atoms with Crippen LogP contribution in [0.2, 0.25) is 0 Å². The summed E-state index contributed by atoms with van der Waals surface area (Å²) in [6, 6.07) is 8.21. The van der Waals surface area contributed by atoms with E-state index in [9.17, 15) is 13.2 Å². The van der Waals surface area contributed by atoms with Crippen molar-refractivity contribution in [3.8, 4) is 0 Å². The van der Waals surface area contributed by atoms with Gasteiger partial charge in [0.2, 0.25) is 0 Å². The van der Waals surface area contributed by atoms with E-state index in [2.05, 4.69) is 14.9 Å². The first-order valence-electron chi connectivity index (χ1n) is 6.87. The third kappa shape index (κ3) is 4.32. The predicted molar refractivity (Wildman–Crippen MR) is 85.8 cm³/mol. The number of benzene rings is 1. The van der Waals surface area contributed by atoms with Gasteiger partial charge in [0.25, 0.3) is 0 Å². The number of methoxy groups -OCH3 is 1. The topological polar surface area (TPSA) is 91.1 Å². The molecule has 0 aliphatic carbocycles. The highest BCUT2D eigenvalue weighted by Crippen LogP contribution is 2.20. The van der Waals surface area contributed by atoms with E-state index in [-0.39, 0.29) is 22.4 Å². The Bertz CT molecular complexity index is 773. The zero-order valence-corrected chi connectivity index (χ0v) is 14.4. The third-order valence-corrected chi connectivity index (χ3v) is 5.65. The van der Waals surface area contributed by atoms with Gasteiger partial charge < -0.3 is 9.30 Å². The zero-order valence-electron chi connectivity index (χ0n) is 12.8. The molecule has 9 heteroatoms. The third-order valence-electron chi connectivity index (χ3n) is 3.08. The van der Waals surface area contributed by atoms with Crippen LogP contribution in [0, 0.1) is 0 Å². The summed E-state index contributed by atoms with van der Waals surface area (Å²) in [5.41, 5.74) is 0. The molecule has 2 aromatic rings. The molecule has 1 heterocycles. The van der Waals surface area contributed by atoms with Crippen LogP contribution in [0.1, 0.15) is 12.7 Å². The second-order valence-electron chi connectivity index (χ2n) is 4.58. The van der Waals surface area contributed by atoms with Crippen LogP contribution < -0.4 is 0 Å². The molecule has 0 fully saturated rings. The summed E-state index contributed by atoms with van der Waals surface area (Å²) in [6.07, 6.45) is 0. The average molecular weight is 355 g/mol. The minimum Gasteiger partial charge on any atom is -0.468 e. The Morgan fingerprint density at radius 3 is 2.57 bits per heavy atom. The number of rotatable bonds is 7. The van der Waals surface area contributed by atoms with Crippen LogP contribution in [-0.4, -0.2) is 42.0 Å². The number of esters is 1. The second kappa shape index (κ2) is 7.60. The van der Waals surface area contributed by atoms with Crippen molar-refractivity contribution in [2.24, 2.45) is 0 Å². The number of carbonyl (C=O) groups excluding carboxylic acids is 1. The maximum absolute atomic E-state index is 12.4. The van der Waals surface area contributed by atoms with Crippen molar-refractivity contribution in [2.45, 2.75) is 29.3 Å². The molecule has 1 aromatic heterocycles. The van der Waals surface area contributed by atoms with Gasteiger partial charge in [-0.3, -0.25) is 4.79 Å². The average Bonchev–Trinajstić information content (AvgIpc) is 2.94. The fraction of sp³-hybridized carbons (Fsp3) is 0.357. The number of nitrogens with zero attached hydrogens (tertiary/aromatic N) is 3. The number of aromatic nitrogens is 3. The Morgan fingerprint density at radius 2 is 1.96 bits per heavy atom. The van der Waals surface area contributed by atoms with Gasteiger partial charge in [0.1, 0.15) is 11.6 Å². The number of carbonyl (C=O) groups is 1. The van der Waals surface area contributed by atoms with E-state index in [1.807, 2.05) is 6.92 Å².